The highest BCUT2D eigenvalue weighted by Crippen LogP contribution is 2.32. The van der Waals surface area contributed by atoms with Crippen LogP contribution in [0.1, 0.15) is 19.3 Å². The Balaban J connectivity index is 1.91. The molecule has 2 fully saturated rings. The Labute approximate surface area is 127 Å². The summed E-state index contributed by atoms with van der Waals surface area (Å²) in [6.45, 7) is 6.37. The minimum Gasteiger partial charge on any atom is -0.384 e. The predicted octanol–water partition coefficient (Wildman–Crippen LogP) is 0.0605. The number of carbonyl (C=O) groups excluding carboxylic acids is 1. The summed E-state index contributed by atoms with van der Waals surface area (Å²) >= 11 is 0. The molecule has 0 radical (unpaired) electrons. The van der Waals surface area contributed by atoms with Crippen molar-refractivity contribution in [3.63, 3.8) is 0 Å². The minimum atomic E-state index is -0.338. The quantitative estimate of drug-likeness (QED) is 0.776. The average Bonchev–Trinajstić information content (AvgIpc) is 2.54. The monoisotopic (exact) mass is 294 g/mol. The van der Waals surface area contributed by atoms with Gasteiger partial charge in [0.05, 0.1) is 18.1 Å². The first-order valence-corrected chi connectivity index (χ1v) is 7.80. The van der Waals surface area contributed by atoms with E-state index < -0.39 is 0 Å². The number of nitriles is 1. The van der Waals surface area contributed by atoms with Crippen molar-refractivity contribution in [3.8, 4) is 6.07 Å². The number of hydrogen-bond donors (Lipinski definition) is 1. The van der Waals surface area contributed by atoms with Crippen molar-refractivity contribution in [2.75, 3.05) is 59.5 Å². The van der Waals surface area contributed by atoms with Gasteiger partial charge < -0.3 is 15.0 Å². The minimum absolute atomic E-state index is 0.255. The van der Waals surface area contributed by atoms with Crippen LogP contribution < -0.4 is 5.32 Å². The number of nitrogens with zero attached hydrogens (tertiary/aromatic N) is 3. The Hall–Kier alpha value is -1.16. The number of methoxy groups -OCH3 is 1. The zero-order chi connectivity index (χ0) is 15.1. The normalized spacial score (nSPS) is 22.8. The van der Waals surface area contributed by atoms with Gasteiger partial charge in [-0.1, -0.05) is 0 Å². The van der Waals surface area contributed by atoms with Gasteiger partial charge in [0, 0.05) is 46.3 Å². The summed E-state index contributed by atoms with van der Waals surface area (Å²) in [6, 6.07) is 2.18. The van der Waals surface area contributed by atoms with E-state index in [1.807, 2.05) is 4.90 Å². The molecule has 21 heavy (non-hydrogen) atoms. The van der Waals surface area contributed by atoms with E-state index in [0.717, 1.165) is 58.7 Å². The zero-order valence-corrected chi connectivity index (χ0v) is 12.9. The Morgan fingerprint density at radius 3 is 2.52 bits per heavy atom. The van der Waals surface area contributed by atoms with Crippen molar-refractivity contribution in [2.24, 2.45) is 5.41 Å². The Morgan fingerprint density at radius 2 is 1.95 bits per heavy atom. The highest BCUT2D eigenvalue weighted by atomic mass is 16.5. The van der Waals surface area contributed by atoms with E-state index in [-0.39, 0.29) is 11.3 Å². The summed E-state index contributed by atoms with van der Waals surface area (Å²) in [6.07, 6.45) is 2.27. The molecule has 2 heterocycles. The number of rotatable bonds is 5. The number of piperidine rings is 1. The van der Waals surface area contributed by atoms with Crippen LogP contribution in [0.5, 0.6) is 0 Å². The van der Waals surface area contributed by atoms with Gasteiger partial charge >= 0.3 is 0 Å². The molecule has 2 rings (SSSR count). The van der Waals surface area contributed by atoms with Crippen LogP contribution in [0.15, 0.2) is 0 Å². The molecule has 0 unspecified atom stereocenters. The van der Waals surface area contributed by atoms with Crippen molar-refractivity contribution in [1.82, 2.24) is 15.1 Å². The van der Waals surface area contributed by atoms with Gasteiger partial charge in [-0.05, 0) is 25.9 Å². The smallest absolute Gasteiger partial charge is 0.231 e. The van der Waals surface area contributed by atoms with Crippen molar-refractivity contribution >= 4 is 5.91 Å². The maximum atomic E-state index is 12.9. The highest BCUT2D eigenvalue weighted by Gasteiger charge is 2.42. The first-order chi connectivity index (χ1) is 10.2. The lowest BCUT2D eigenvalue weighted by atomic mass is 9.78. The molecule has 6 nitrogen and oxygen atoms in total. The van der Waals surface area contributed by atoms with Crippen LogP contribution >= 0.6 is 0 Å². The van der Waals surface area contributed by atoms with Crippen LogP contribution in [0.3, 0.4) is 0 Å². The summed E-state index contributed by atoms with van der Waals surface area (Å²) < 4.78 is 5.35. The van der Waals surface area contributed by atoms with Gasteiger partial charge in [-0.15, -0.1) is 0 Å². The summed E-state index contributed by atoms with van der Waals surface area (Å²) in [7, 11) is 1.68. The second kappa shape index (κ2) is 7.74. The van der Waals surface area contributed by atoms with Gasteiger partial charge in [-0.25, -0.2) is 0 Å². The standard InChI is InChI=1S/C15H26N4O2/c1-21-13-15(3-6-17-7-4-15)14(20)19-11-9-18(10-12-19)8-2-5-16/h17H,2-4,6-13H2,1H3. The van der Waals surface area contributed by atoms with E-state index in [1.165, 1.54) is 0 Å². The molecule has 0 aromatic rings. The van der Waals surface area contributed by atoms with E-state index in [4.69, 9.17) is 10.00 Å². The fourth-order valence-electron chi connectivity index (χ4n) is 3.32. The van der Waals surface area contributed by atoms with Crippen molar-refractivity contribution in [3.05, 3.63) is 0 Å². The molecule has 6 heteroatoms. The van der Waals surface area contributed by atoms with Crippen molar-refractivity contribution < 1.29 is 9.53 Å². The van der Waals surface area contributed by atoms with Crippen molar-refractivity contribution in [2.45, 2.75) is 19.3 Å². The first-order valence-electron chi connectivity index (χ1n) is 7.80. The molecule has 1 amide bonds. The van der Waals surface area contributed by atoms with Crippen LogP contribution in [-0.4, -0.2) is 75.2 Å². The summed E-state index contributed by atoms with van der Waals surface area (Å²) in [5, 5.41) is 12.0. The molecular formula is C15H26N4O2. The third kappa shape index (κ3) is 3.94. The molecular weight excluding hydrogens is 268 g/mol. The molecule has 118 valence electrons. The topological polar surface area (TPSA) is 68.6 Å². The van der Waals surface area contributed by atoms with Gasteiger partial charge in [0.2, 0.25) is 5.91 Å². The molecule has 2 aliphatic heterocycles. The first kappa shape index (κ1) is 16.2. The SMILES string of the molecule is COCC1(C(=O)N2CCN(CCC#N)CC2)CCNCC1. The van der Waals surface area contributed by atoms with Gasteiger partial charge in [0.25, 0.3) is 0 Å². The van der Waals surface area contributed by atoms with Crippen LogP contribution in [-0.2, 0) is 9.53 Å². The fraction of sp³-hybridized carbons (Fsp3) is 0.867. The molecule has 0 aromatic carbocycles. The number of amides is 1. The lowest BCUT2D eigenvalue weighted by Gasteiger charge is -2.42. The van der Waals surface area contributed by atoms with Crippen LogP contribution in [0.25, 0.3) is 0 Å². The molecule has 2 aliphatic rings. The average molecular weight is 294 g/mol. The molecule has 0 saturated carbocycles. The number of nitrogens with one attached hydrogen (secondary N) is 1. The third-order valence-corrected chi connectivity index (χ3v) is 4.63. The lowest BCUT2D eigenvalue weighted by Crippen LogP contribution is -2.56. The van der Waals surface area contributed by atoms with Crippen LogP contribution in [0, 0.1) is 16.7 Å². The maximum Gasteiger partial charge on any atom is 0.231 e. The summed E-state index contributed by atoms with van der Waals surface area (Å²) in [5.41, 5.74) is -0.338. The number of hydrogen-bond acceptors (Lipinski definition) is 5. The zero-order valence-electron chi connectivity index (χ0n) is 12.9. The maximum absolute atomic E-state index is 12.9. The number of carbonyl (C=O) groups is 1. The van der Waals surface area contributed by atoms with Crippen molar-refractivity contribution in [1.29, 1.82) is 5.26 Å². The Bertz CT molecular complexity index is 374. The Morgan fingerprint density at radius 1 is 1.29 bits per heavy atom. The van der Waals surface area contributed by atoms with Gasteiger partial charge in [0.1, 0.15) is 0 Å². The molecule has 0 bridgehead atoms. The molecule has 0 atom stereocenters. The molecule has 1 N–H and O–H groups in total. The number of piperazine rings is 1. The Kier molecular flexibility index (Phi) is 5.97. The van der Waals surface area contributed by atoms with E-state index in [1.54, 1.807) is 7.11 Å². The van der Waals surface area contributed by atoms with E-state index in [0.29, 0.717) is 13.0 Å². The second-order valence-electron chi connectivity index (χ2n) is 6.01. The van der Waals surface area contributed by atoms with E-state index in [2.05, 4.69) is 16.3 Å². The van der Waals surface area contributed by atoms with Gasteiger partial charge in [0.15, 0.2) is 0 Å². The molecule has 0 aromatic heterocycles. The van der Waals surface area contributed by atoms with E-state index >= 15 is 0 Å². The second-order valence-corrected chi connectivity index (χ2v) is 6.01. The summed E-state index contributed by atoms with van der Waals surface area (Å²) in [5.74, 6) is 0.255. The van der Waals surface area contributed by atoms with Gasteiger partial charge in [-0.2, -0.15) is 5.26 Å². The predicted molar refractivity (Wildman–Crippen MR) is 79.7 cm³/mol. The van der Waals surface area contributed by atoms with E-state index in [9.17, 15) is 4.79 Å². The fourth-order valence-corrected chi connectivity index (χ4v) is 3.32. The molecule has 0 aliphatic carbocycles. The van der Waals surface area contributed by atoms with Crippen LogP contribution in [0.4, 0.5) is 0 Å². The lowest BCUT2D eigenvalue weighted by molar-refractivity contribution is -0.149. The third-order valence-electron chi connectivity index (χ3n) is 4.63. The van der Waals surface area contributed by atoms with Crippen LogP contribution in [0.2, 0.25) is 0 Å². The number of ether oxygens (including phenoxy) is 1. The molecule has 2 saturated heterocycles. The van der Waals surface area contributed by atoms with Gasteiger partial charge in [-0.3, -0.25) is 9.69 Å². The molecule has 0 spiro atoms. The summed E-state index contributed by atoms with van der Waals surface area (Å²) in [4.78, 5) is 17.2. The highest BCUT2D eigenvalue weighted by molar-refractivity contribution is 5.83. The largest absolute Gasteiger partial charge is 0.384 e.